The van der Waals surface area contributed by atoms with Gasteiger partial charge in [0.15, 0.2) is 5.82 Å². The molecule has 0 saturated heterocycles. The lowest BCUT2D eigenvalue weighted by Gasteiger charge is -1.99. The average Bonchev–Trinajstić information content (AvgIpc) is 3.03. The topological polar surface area (TPSA) is 110 Å². The van der Waals surface area contributed by atoms with E-state index in [1.807, 2.05) is 12.1 Å². The van der Waals surface area contributed by atoms with E-state index in [1.54, 1.807) is 19.1 Å². The van der Waals surface area contributed by atoms with Gasteiger partial charge < -0.3 is 20.6 Å². The average molecular weight is 271 g/mol. The SMILES string of the molecule is Cc1noc(CNC(=O)c2cc3cccc(N)c3[nH]2)n1. The molecule has 102 valence electrons. The van der Waals surface area contributed by atoms with Crippen molar-refractivity contribution in [1.29, 1.82) is 0 Å². The van der Waals surface area contributed by atoms with Crippen molar-refractivity contribution < 1.29 is 9.32 Å². The molecule has 20 heavy (non-hydrogen) atoms. The van der Waals surface area contributed by atoms with Crippen LogP contribution in [0.5, 0.6) is 0 Å². The van der Waals surface area contributed by atoms with E-state index in [9.17, 15) is 4.79 Å². The number of anilines is 1. The quantitative estimate of drug-likeness (QED) is 0.623. The summed E-state index contributed by atoms with van der Waals surface area (Å²) in [5.74, 6) is 0.649. The fourth-order valence-electron chi connectivity index (χ4n) is 1.96. The minimum absolute atomic E-state index is 0.185. The van der Waals surface area contributed by atoms with Gasteiger partial charge in [-0.3, -0.25) is 4.79 Å². The molecule has 0 spiro atoms. The zero-order chi connectivity index (χ0) is 14.1. The van der Waals surface area contributed by atoms with E-state index in [2.05, 4.69) is 20.4 Å². The van der Waals surface area contributed by atoms with Gasteiger partial charge in [0.05, 0.1) is 17.7 Å². The lowest BCUT2D eigenvalue weighted by atomic mass is 10.2. The Morgan fingerprint density at radius 1 is 1.50 bits per heavy atom. The third-order valence-electron chi connectivity index (χ3n) is 2.90. The summed E-state index contributed by atoms with van der Waals surface area (Å²) in [7, 11) is 0. The Balaban J connectivity index is 1.77. The molecule has 7 nitrogen and oxygen atoms in total. The number of carbonyl (C=O) groups excluding carboxylic acids is 1. The molecule has 2 heterocycles. The first-order chi connectivity index (χ1) is 9.63. The number of aromatic nitrogens is 3. The first-order valence-electron chi connectivity index (χ1n) is 6.08. The highest BCUT2D eigenvalue weighted by atomic mass is 16.5. The van der Waals surface area contributed by atoms with Crippen molar-refractivity contribution in [2.24, 2.45) is 0 Å². The van der Waals surface area contributed by atoms with E-state index < -0.39 is 0 Å². The van der Waals surface area contributed by atoms with Gasteiger partial charge in [-0.1, -0.05) is 17.3 Å². The maximum absolute atomic E-state index is 12.0. The van der Waals surface area contributed by atoms with Gasteiger partial charge in [0, 0.05) is 5.39 Å². The van der Waals surface area contributed by atoms with Crippen molar-refractivity contribution in [3.05, 3.63) is 41.7 Å². The second-order valence-electron chi connectivity index (χ2n) is 4.41. The van der Waals surface area contributed by atoms with Gasteiger partial charge in [-0.2, -0.15) is 4.98 Å². The molecular weight excluding hydrogens is 258 g/mol. The number of amides is 1. The van der Waals surface area contributed by atoms with Crippen LogP contribution in [0.25, 0.3) is 10.9 Å². The first kappa shape index (κ1) is 12.2. The Morgan fingerprint density at radius 3 is 3.05 bits per heavy atom. The Kier molecular flexibility index (Phi) is 2.86. The Morgan fingerprint density at radius 2 is 2.35 bits per heavy atom. The minimum atomic E-state index is -0.253. The highest BCUT2D eigenvalue weighted by Crippen LogP contribution is 2.20. The normalized spacial score (nSPS) is 10.8. The first-order valence-corrected chi connectivity index (χ1v) is 6.08. The lowest BCUT2D eigenvalue weighted by molar-refractivity contribution is 0.0942. The van der Waals surface area contributed by atoms with Crippen LogP contribution in [0.2, 0.25) is 0 Å². The summed E-state index contributed by atoms with van der Waals surface area (Å²) in [6.45, 7) is 1.90. The van der Waals surface area contributed by atoms with Crippen LogP contribution in [0.4, 0.5) is 5.69 Å². The molecule has 0 aliphatic heterocycles. The van der Waals surface area contributed by atoms with Crippen LogP contribution < -0.4 is 11.1 Å². The number of nitrogens with one attached hydrogen (secondary N) is 2. The number of nitrogens with two attached hydrogens (primary N) is 1. The molecule has 0 unspecified atom stereocenters. The highest BCUT2D eigenvalue weighted by Gasteiger charge is 2.12. The number of rotatable bonds is 3. The van der Waals surface area contributed by atoms with E-state index in [-0.39, 0.29) is 12.5 Å². The second kappa shape index (κ2) is 4.69. The van der Waals surface area contributed by atoms with E-state index >= 15 is 0 Å². The number of fused-ring (bicyclic) bond motifs is 1. The summed E-state index contributed by atoms with van der Waals surface area (Å²) < 4.78 is 4.92. The number of hydrogen-bond acceptors (Lipinski definition) is 5. The van der Waals surface area contributed by atoms with Crippen molar-refractivity contribution in [3.63, 3.8) is 0 Å². The van der Waals surface area contributed by atoms with Gasteiger partial charge in [0.1, 0.15) is 5.69 Å². The summed E-state index contributed by atoms with van der Waals surface area (Å²) in [4.78, 5) is 19.0. The fourth-order valence-corrected chi connectivity index (χ4v) is 1.96. The molecule has 1 amide bonds. The molecule has 0 aliphatic carbocycles. The van der Waals surface area contributed by atoms with Crippen LogP contribution in [-0.2, 0) is 6.54 Å². The molecule has 4 N–H and O–H groups in total. The van der Waals surface area contributed by atoms with Crippen LogP contribution >= 0.6 is 0 Å². The zero-order valence-corrected chi connectivity index (χ0v) is 10.8. The maximum atomic E-state index is 12.0. The maximum Gasteiger partial charge on any atom is 0.268 e. The number of carbonyl (C=O) groups is 1. The molecule has 1 aromatic carbocycles. The number of aryl methyl sites for hydroxylation is 1. The van der Waals surface area contributed by atoms with Crippen molar-refractivity contribution in [2.75, 3.05) is 5.73 Å². The summed E-state index contributed by atoms with van der Waals surface area (Å²) in [5, 5.41) is 7.25. The summed E-state index contributed by atoms with van der Waals surface area (Å²) >= 11 is 0. The van der Waals surface area contributed by atoms with Crippen molar-refractivity contribution >= 4 is 22.5 Å². The van der Waals surface area contributed by atoms with E-state index in [0.29, 0.717) is 23.1 Å². The van der Waals surface area contributed by atoms with Crippen molar-refractivity contribution in [1.82, 2.24) is 20.4 Å². The Hall–Kier alpha value is -2.83. The van der Waals surface area contributed by atoms with Crippen LogP contribution in [0.1, 0.15) is 22.2 Å². The Labute approximate surface area is 114 Å². The van der Waals surface area contributed by atoms with Gasteiger partial charge in [0.2, 0.25) is 5.89 Å². The predicted molar refractivity (Wildman–Crippen MR) is 72.9 cm³/mol. The fraction of sp³-hybridized carbons (Fsp3) is 0.154. The van der Waals surface area contributed by atoms with Crippen molar-refractivity contribution in [2.45, 2.75) is 13.5 Å². The number of para-hydroxylation sites is 1. The van der Waals surface area contributed by atoms with Gasteiger partial charge in [-0.25, -0.2) is 0 Å². The largest absolute Gasteiger partial charge is 0.397 e. The molecule has 3 aromatic rings. The summed E-state index contributed by atoms with van der Waals surface area (Å²) in [6.07, 6.45) is 0. The summed E-state index contributed by atoms with van der Waals surface area (Å²) in [6, 6.07) is 7.26. The number of hydrogen-bond donors (Lipinski definition) is 3. The predicted octanol–water partition coefficient (Wildman–Crippen LogP) is 1.37. The third-order valence-corrected chi connectivity index (χ3v) is 2.90. The van der Waals surface area contributed by atoms with Gasteiger partial charge in [-0.15, -0.1) is 0 Å². The number of nitrogens with zero attached hydrogens (tertiary/aromatic N) is 2. The monoisotopic (exact) mass is 271 g/mol. The van der Waals surface area contributed by atoms with Gasteiger partial charge in [0.25, 0.3) is 5.91 Å². The van der Waals surface area contributed by atoms with Crippen LogP contribution in [-0.4, -0.2) is 21.0 Å². The molecule has 0 bridgehead atoms. The van der Waals surface area contributed by atoms with Crippen LogP contribution in [0, 0.1) is 6.92 Å². The molecule has 2 aromatic heterocycles. The molecule has 3 rings (SSSR count). The summed E-state index contributed by atoms with van der Waals surface area (Å²) in [5.41, 5.74) is 7.64. The van der Waals surface area contributed by atoms with Crippen LogP contribution in [0.15, 0.2) is 28.8 Å². The lowest BCUT2D eigenvalue weighted by Crippen LogP contribution is -2.23. The molecule has 0 radical (unpaired) electrons. The smallest absolute Gasteiger partial charge is 0.268 e. The zero-order valence-electron chi connectivity index (χ0n) is 10.8. The van der Waals surface area contributed by atoms with Gasteiger partial charge >= 0.3 is 0 Å². The minimum Gasteiger partial charge on any atom is -0.397 e. The molecule has 0 saturated carbocycles. The van der Waals surface area contributed by atoms with Crippen molar-refractivity contribution in [3.8, 4) is 0 Å². The van der Waals surface area contributed by atoms with E-state index in [4.69, 9.17) is 10.3 Å². The molecule has 0 atom stereocenters. The molecule has 0 fully saturated rings. The molecular formula is C13H13N5O2. The Bertz CT molecular complexity index is 774. The molecule has 7 heteroatoms. The third kappa shape index (κ3) is 2.20. The number of nitrogen functional groups attached to an aromatic ring is 1. The molecule has 0 aliphatic rings. The van der Waals surface area contributed by atoms with Crippen LogP contribution in [0.3, 0.4) is 0 Å². The number of aromatic amines is 1. The standard InChI is InChI=1S/C13H13N5O2/c1-7-16-11(20-18-7)6-15-13(19)10-5-8-3-2-4-9(14)12(8)17-10/h2-5,17H,6,14H2,1H3,(H,15,19). The van der Waals surface area contributed by atoms with E-state index in [0.717, 1.165) is 10.9 Å². The second-order valence-corrected chi connectivity index (χ2v) is 4.41. The number of benzene rings is 1. The van der Waals surface area contributed by atoms with E-state index in [1.165, 1.54) is 0 Å². The number of H-pyrrole nitrogens is 1. The highest BCUT2D eigenvalue weighted by molar-refractivity contribution is 6.00. The van der Waals surface area contributed by atoms with Gasteiger partial charge in [-0.05, 0) is 19.1 Å².